The number of halogens is 1. The summed E-state index contributed by atoms with van der Waals surface area (Å²) in [4.78, 5) is 25.1. The molecule has 0 bridgehead atoms. The van der Waals surface area contributed by atoms with Gasteiger partial charge in [0, 0.05) is 18.8 Å². The van der Waals surface area contributed by atoms with E-state index in [1.165, 1.54) is 0 Å². The Bertz CT molecular complexity index is 540. The number of carbonyl (C=O) groups is 2. The summed E-state index contributed by atoms with van der Waals surface area (Å²) < 4.78 is 5.27. The number of hydrogen-bond donors (Lipinski definition) is 1. The molecule has 3 rings (SSSR count). The van der Waals surface area contributed by atoms with Crippen LogP contribution in [0.25, 0.3) is 0 Å². The number of carbonyl (C=O) groups excluding carboxylic acids is 2. The van der Waals surface area contributed by atoms with Crippen LogP contribution in [0.15, 0.2) is 24.3 Å². The summed E-state index contributed by atoms with van der Waals surface area (Å²) in [6.07, 6.45) is 2.09. The lowest BCUT2D eigenvalue weighted by molar-refractivity contribution is 0.0501. The average molecular weight is 339 g/mol. The molecular weight excluding hydrogens is 324 g/mol. The average Bonchev–Trinajstić information content (AvgIpc) is 3.04. The topological polar surface area (TPSA) is 58.6 Å². The van der Waals surface area contributed by atoms with Crippen molar-refractivity contribution in [1.82, 2.24) is 5.32 Å². The normalized spacial score (nSPS) is 19.6. The van der Waals surface area contributed by atoms with Crippen LogP contribution in [0.3, 0.4) is 0 Å². The zero-order valence-corrected chi connectivity index (χ0v) is 12.5. The first-order chi connectivity index (χ1) is 9.57. The molecule has 5 nitrogen and oxygen atoms in total. The van der Waals surface area contributed by atoms with Crippen LogP contribution in [0.2, 0.25) is 0 Å². The van der Waals surface area contributed by atoms with E-state index in [0.29, 0.717) is 25.3 Å². The van der Waals surface area contributed by atoms with E-state index in [9.17, 15) is 9.59 Å². The molecule has 1 aromatic carbocycles. The van der Waals surface area contributed by atoms with Crippen LogP contribution in [-0.2, 0) is 4.74 Å². The van der Waals surface area contributed by atoms with Gasteiger partial charge in [-0.25, -0.2) is 9.59 Å². The van der Waals surface area contributed by atoms with E-state index >= 15 is 0 Å². The lowest BCUT2D eigenvalue weighted by Gasteiger charge is -2.14. The molecule has 2 fully saturated rings. The van der Waals surface area contributed by atoms with Gasteiger partial charge in [-0.05, 0) is 37.1 Å². The highest BCUT2D eigenvalue weighted by Crippen LogP contribution is 2.44. The SMILES string of the molecule is O=C(OCC1(Br)CC1)c1ccc(N2CCNC2=O)cc1. The molecule has 1 saturated heterocycles. The second-order valence-electron chi connectivity index (χ2n) is 5.16. The Hall–Kier alpha value is -1.56. The zero-order chi connectivity index (χ0) is 14.2. The van der Waals surface area contributed by atoms with Gasteiger partial charge in [0.2, 0.25) is 0 Å². The first kappa shape index (κ1) is 13.4. The van der Waals surface area contributed by atoms with Gasteiger partial charge in [0.15, 0.2) is 0 Å². The van der Waals surface area contributed by atoms with Crippen molar-refractivity contribution >= 4 is 33.6 Å². The summed E-state index contributed by atoms with van der Waals surface area (Å²) in [5.41, 5.74) is 1.29. The van der Waals surface area contributed by atoms with Gasteiger partial charge in [0.25, 0.3) is 0 Å². The van der Waals surface area contributed by atoms with Gasteiger partial charge in [0.05, 0.1) is 9.89 Å². The molecule has 0 radical (unpaired) electrons. The lowest BCUT2D eigenvalue weighted by atomic mass is 10.2. The van der Waals surface area contributed by atoms with Crippen LogP contribution in [0.5, 0.6) is 0 Å². The molecule has 0 unspecified atom stereocenters. The summed E-state index contributed by atoms with van der Waals surface area (Å²) in [6.45, 7) is 1.70. The molecule has 0 spiro atoms. The first-order valence-electron chi connectivity index (χ1n) is 6.59. The minimum absolute atomic E-state index is 0.0102. The van der Waals surface area contributed by atoms with Crippen molar-refractivity contribution in [2.24, 2.45) is 0 Å². The first-order valence-corrected chi connectivity index (χ1v) is 7.38. The third-order valence-electron chi connectivity index (χ3n) is 3.53. The van der Waals surface area contributed by atoms with Crippen molar-refractivity contribution in [1.29, 1.82) is 0 Å². The maximum absolute atomic E-state index is 11.9. The van der Waals surface area contributed by atoms with Crippen LogP contribution in [0.1, 0.15) is 23.2 Å². The van der Waals surface area contributed by atoms with Crippen molar-refractivity contribution in [3.63, 3.8) is 0 Å². The number of esters is 1. The van der Waals surface area contributed by atoms with E-state index in [4.69, 9.17) is 4.74 Å². The Morgan fingerprint density at radius 3 is 2.60 bits per heavy atom. The van der Waals surface area contributed by atoms with E-state index in [2.05, 4.69) is 21.2 Å². The van der Waals surface area contributed by atoms with Crippen molar-refractivity contribution in [2.75, 3.05) is 24.6 Å². The van der Waals surface area contributed by atoms with Crippen molar-refractivity contribution in [2.45, 2.75) is 17.2 Å². The number of nitrogens with zero attached hydrogens (tertiary/aromatic N) is 1. The van der Waals surface area contributed by atoms with Gasteiger partial charge in [-0.1, -0.05) is 15.9 Å². The molecule has 1 saturated carbocycles. The Balaban J connectivity index is 1.63. The number of alkyl halides is 1. The molecule has 2 aliphatic rings. The maximum Gasteiger partial charge on any atom is 0.338 e. The van der Waals surface area contributed by atoms with E-state index < -0.39 is 0 Å². The number of amides is 2. The number of urea groups is 1. The summed E-state index contributed by atoms with van der Waals surface area (Å²) in [5, 5.41) is 2.74. The second kappa shape index (κ2) is 5.09. The molecule has 20 heavy (non-hydrogen) atoms. The molecule has 2 amide bonds. The molecule has 6 heteroatoms. The number of ether oxygens (including phenoxy) is 1. The van der Waals surface area contributed by atoms with Crippen LogP contribution < -0.4 is 10.2 Å². The number of rotatable bonds is 4. The van der Waals surface area contributed by atoms with Gasteiger partial charge in [0.1, 0.15) is 6.61 Å². The predicted molar refractivity (Wildman–Crippen MR) is 78.4 cm³/mol. The van der Waals surface area contributed by atoms with E-state index in [-0.39, 0.29) is 16.3 Å². The largest absolute Gasteiger partial charge is 0.461 e. The van der Waals surface area contributed by atoms with Crippen molar-refractivity contribution in [3.05, 3.63) is 29.8 Å². The number of nitrogens with one attached hydrogen (secondary N) is 1. The molecule has 1 aromatic rings. The van der Waals surface area contributed by atoms with Gasteiger partial charge < -0.3 is 10.1 Å². The minimum atomic E-state index is -0.326. The fourth-order valence-electron chi connectivity index (χ4n) is 2.05. The van der Waals surface area contributed by atoms with Crippen molar-refractivity contribution < 1.29 is 14.3 Å². The quantitative estimate of drug-likeness (QED) is 0.676. The molecule has 0 aromatic heterocycles. The monoisotopic (exact) mass is 338 g/mol. The molecule has 106 valence electrons. The van der Waals surface area contributed by atoms with Gasteiger partial charge >= 0.3 is 12.0 Å². The third-order valence-corrected chi connectivity index (χ3v) is 4.55. The van der Waals surface area contributed by atoms with E-state index in [0.717, 1.165) is 18.5 Å². The maximum atomic E-state index is 11.9. The number of anilines is 1. The zero-order valence-electron chi connectivity index (χ0n) is 10.9. The molecule has 1 N–H and O–H groups in total. The summed E-state index contributed by atoms with van der Waals surface area (Å²) in [5.74, 6) is -0.326. The van der Waals surface area contributed by atoms with Gasteiger partial charge in [-0.15, -0.1) is 0 Å². The van der Waals surface area contributed by atoms with Gasteiger partial charge in [-0.2, -0.15) is 0 Å². The molecule has 1 aliphatic heterocycles. The molecular formula is C14H15BrN2O3. The summed E-state index contributed by atoms with van der Waals surface area (Å²) in [6, 6.07) is 6.81. The molecule has 0 atom stereocenters. The van der Waals surface area contributed by atoms with Crippen LogP contribution >= 0.6 is 15.9 Å². The second-order valence-corrected chi connectivity index (χ2v) is 6.84. The Kier molecular flexibility index (Phi) is 3.41. The summed E-state index contributed by atoms with van der Waals surface area (Å²) in [7, 11) is 0. The Morgan fingerprint density at radius 1 is 1.35 bits per heavy atom. The fraction of sp³-hybridized carbons (Fsp3) is 0.429. The highest BCUT2D eigenvalue weighted by Gasteiger charge is 2.41. The highest BCUT2D eigenvalue weighted by atomic mass is 79.9. The number of benzene rings is 1. The number of hydrogen-bond acceptors (Lipinski definition) is 3. The Morgan fingerprint density at radius 2 is 2.05 bits per heavy atom. The standard InChI is InChI=1S/C14H15BrN2O3/c15-14(5-6-14)9-20-12(18)10-1-3-11(4-2-10)17-8-7-16-13(17)19/h1-4H,5-9H2,(H,16,19). The van der Waals surface area contributed by atoms with Gasteiger partial charge in [-0.3, -0.25) is 4.90 Å². The van der Waals surface area contributed by atoms with E-state index in [1.807, 2.05) is 0 Å². The predicted octanol–water partition coefficient (Wildman–Crippen LogP) is 2.30. The highest BCUT2D eigenvalue weighted by molar-refractivity contribution is 9.10. The molecule has 1 aliphatic carbocycles. The Labute approximate surface area is 125 Å². The fourth-order valence-corrected chi connectivity index (χ4v) is 2.37. The smallest absolute Gasteiger partial charge is 0.338 e. The lowest BCUT2D eigenvalue weighted by Crippen LogP contribution is -2.27. The van der Waals surface area contributed by atoms with Crippen LogP contribution in [0.4, 0.5) is 10.5 Å². The molecule has 1 heterocycles. The van der Waals surface area contributed by atoms with Crippen LogP contribution in [0, 0.1) is 0 Å². The summed E-state index contributed by atoms with van der Waals surface area (Å²) >= 11 is 3.53. The third kappa shape index (κ3) is 2.80. The van der Waals surface area contributed by atoms with Crippen LogP contribution in [-0.4, -0.2) is 36.0 Å². The minimum Gasteiger partial charge on any atom is -0.461 e. The van der Waals surface area contributed by atoms with E-state index in [1.54, 1.807) is 29.2 Å². The van der Waals surface area contributed by atoms with Crippen molar-refractivity contribution in [3.8, 4) is 0 Å².